The zero-order valence-electron chi connectivity index (χ0n) is 12.9. The number of carboxylic acid groups (broad SMARTS) is 1. The van der Waals surface area contributed by atoms with E-state index in [0.29, 0.717) is 13.2 Å². The molecular weight excluding hydrogens is 270 g/mol. The maximum Gasteiger partial charge on any atom is 0.305 e. The van der Waals surface area contributed by atoms with E-state index in [2.05, 4.69) is 0 Å². The van der Waals surface area contributed by atoms with Gasteiger partial charge in [-0.2, -0.15) is 0 Å². The summed E-state index contributed by atoms with van der Waals surface area (Å²) in [5.74, 6) is -0.187. The van der Waals surface area contributed by atoms with Crippen molar-refractivity contribution in [3.05, 3.63) is 29.3 Å². The molecule has 0 aliphatic rings. The molecule has 0 unspecified atom stereocenters. The van der Waals surface area contributed by atoms with Crippen LogP contribution in [0.25, 0.3) is 0 Å². The molecule has 1 aromatic carbocycles. The third kappa shape index (κ3) is 5.85. The van der Waals surface area contributed by atoms with Crippen molar-refractivity contribution in [3.8, 4) is 5.75 Å². The molecular formula is C16H23NO4. The molecule has 0 atom stereocenters. The van der Waals surface area contributed by atoms with Gasteiger partial charge in [-0.25, -0.2) is 0 Å². The molecule has 0 radical (unpaired) electrons. The standard InChI is InChI=1S/C16H23NO4/c1-4-17(9-7-16(19)20)15(18)8-10-21-14-11-12(2)5-6-13(14)3/h5-6,11H,4,7-10H2,1-3H3,(H,19,20). The lowest BCUT2D eigenvalue weighted by Crippen LogP contribution is -2.33. The Kier molecular flexibility index (Phi) is 6.72. The fourth-order valence-electron chi connectivity index (χ4n) is 1.96. The summed E-state index contributed by atoms with van der Waals surface area (Å²) in [6.45, 7) is 6.84. The van der Waals surface area contributed by atoms with Crippen LogP contribution in [0.15, 0.2) is 18.2 Å². The van der Waals surface area contributed by atoms with Crippen LogP contribution in [0.2, 0.25) is 0 Å². The number of amides is 1. The summed E-state index contributed by atoms with van der Waals surface area (Å²) >= 11 is 0. The van der Waals surface area contributed by atoms with Crippen LogP contribution in [0.3, 0.4) is 0 Å². The summed E-state index contributed by atoms with van der Waals surface area (Å²) in [6, 6.07) is 5.94. The Morgan fingerprint density at radius 3 is 2.57 bits per heavy atom. The monoisotopic (exact) mass is 293 g/mol. The van der Waals surface area contributed by atoms with Crippen LogP contribution in [-0.4, -0.2) is 41.6 Å². The number of nitrogens with zero attached hydrogens (tertiary/aromatic N) is 1. The van der Waals surface area contributed by atoms with Gasteiger partial charge in [-0.3, -0.25) is 9.59 Å². The summed E-state index contributed by atoms with van der Waals surface area (Å²) in [6.07, 6.45) is 0.221. The summed E-state index contributed by atoms with van der Waals surface area (Å²) in [4.78, 5) is 24.1. The third-order valence-corrected chi connectivity index (χ3v) is 3.25. The van der Waals surface area contributed by atoms with E-state index in [0.717, 1.165) is 16.9 Å². The minimum absolute atomic E-state index is 0.0303. The highest BCUT2D eigenvalue weighted by Gasteiger charge is 2.13. The lowest BCUT2D eigenvalue weighted by Gasteiger charge is -2.20. The van der Waals surface area contributed by atoms with Gasteiger partial charge >= 0.3 is 5.97 Å². The van der Waals surface area contributed by atoms with E-state index in [1.54, 1.807) is 4.90 Å². The van der Waals surface area contributed by atoms with Crippen LogP contribution in [0.1, 0.15) is 30.9 Å². The Labute approximate surface area is 125 Å². The molecule has 0 aliphatic heterocycles. The van der Waals surface area contributed by atoms with Crippen molar-refractivity contribution >= 4 is 11.9 Å². The minimum atomic E-state index is -0.895. The first-order chi connectivity index (χ1) is 9.93. The highest BCUT2D eigenvalue weighted by Crippen LogP contribution is 2.19. The number of aryl methyl sites for hydroxylation is 2. The summed E-state index contributed by atoms with van der Waals surface area (Å²) < 4.78 is 5.64. The molecule has 0 spiro atoms. The first-order valence-electron chi connectivity index (χ1n) is 7.13. The average molecular weight is 293 g/mol. The van der Waals surface area contributed by atoms with Crippen molar-refractivity contribution in [2.24, 2.45) is 0 Å². The van der Waals surface area contributed by atoms with E-state index in [1.165, 1.54) is 0 Å². The summed E-state index contributed by atoms with van der Waals surface area (Å²) in [5, 5.41) is 8.66. The second-order valence-corrected chi connectivity index (χ2v) is 4.98. The predicted molar refractivity (Wildman–Crippen MR) is 80.5 cm³/mol. The number of hydrogen-bond donors (Lipinski definition) is 1. The Bertz CT molecular complexity index is 499. The summed E-state index contributed by atoms with van der Waals surface area (Å²) in [7, 11) is 0. The Morgan fingerprint density at radius 2 is 1.95 bits per heavy atom. The number of hydrogen-bond acceptors (Lipinski definition) is 3. The smallest absolute Gasteiger partial charge is 0.305 e. The molecule has 1 amide bonds. The maximum absolute atomic E-state index is 12.0. The molecule has 0 fully saturated rings. The lowest BCUT2D eigenvalue weighted by atomic mass is 10.1. The number of carbonyl (C=O) groups is 2. The second-order valence-electron chi connectivity index (χ2n) is 4.98. The maximum atomic E-state index is 12.0. The Hall–Kier alpha value is -2.04. The predicted octanol–water partition coefficient (Wildman–Crippen LogP) is 2.40. The van der Waals surface area contributed by atoms with Crippen LogP contribution < -0.4 is 4.74 Å². The van der Waals surface area contributed by atoms with Crippen LogP contribution in [0.5, 0.6) is 5.75 Å². The van der Waals surface area contributed by atoms with Gasteiger partial charge in [-0.1, -0.05) is 12.1 Å². The molecule has 0 aromatic heterocycles. The number of benzene rings is 1. The van der Waals surface area contributed by atoms with E-state index in [4.69, 9.17) is 9.84 Å². The van der Waals surface area contributed by atoms with E-state index < -0.39 is 5.97 Å². The van der Waals surface area contributed by atoms with Gasteiger partial charge < -0.3 is 14.7 Å². The van der Waals surface area contributed by atoms with Crippen molar-refractivity contribution < 1.29 is 19.4 Å². The molecule has 0 saturated carbocycles. The molecule has 5 nitrogen and oxygen atoms in total. The summed E-state index contributed by atoms with van der Waals surface area (Å²) in [5.41, 5.74) is 2.14. The third-order valence-electron chi connectivity index (χ3n) is 3.25. The first-order valence-corrected chi connectivity index (χ1v) is 7.13. The van der Waals surface area contributed by atoms with E-state index in [1.807, 2.05) is 39.0 Å². The van der Waals surface area contributed by atoms with Gasteiger partial charge in [0, 0.05) is 13.1 Å². The number of rotatable bonds is 8. The first kappa shape index (κ1) is 17.0. The van der Waals surface area contributed by atoms with Crippen LogP contribution >= 0.6 is 0 Å². The van der Waals surface area contributed by atoms with E-state index in [-0.39, 0.29) is 25.3 Å². The van der Waals surface area contributed by atoms with E-state index >= 15 is 0 Å². The largest absolute Gasteiger partial charge is 0.493 e. The molecule has 1 aromatic rings. The normalized spacial score (nSPS) is 10.2. The minimum Gasteiger partial charge on any atom is -0.493 e. The average Bonchev–Trinajstić information content (AvgIpc) is 2.43. The van der Waals surface area contributed by atoms with Crippen LogP contribution in [0, 0.1) is 13.8 Å². The zero-order chi connectivity index (χ0) is 15.8. The van der Waals surface area contributed by atoms with Crippen molar-refractivity contribution in [1.29, 1.82) is 0 Å². The van der Waals surface area contributed by atoms with Gasteiger partial charge in [0.2, 0.25) is 5.91 Å². The highest BCUT2D eigenvalue weighted by molar-refractivity contribution is 5.77. The number of carbonyl (C=O) groups excluding carboxylic acids is 1. The number of ether oxygens (including phenoxy) is 1. The second kappa shape index (κ2) is 8.29. The van der Waals surface area contributed by atoms with E-state index in [9.17, 15) is 9.59 Å². The fourth-order valence-corrected chi connectivity index (χ4v) is 1.96. The quantitative estimate of drug-likeness (QED) is 0.799. The van der Waals surface area contributed by atoms with Gasteiger partial charge in [0.15, 0.2) is 0 Å². The molecule has 0 aliphatic carbocycles. The highest BCUT2D eigenvalue weighted by atomic mass is 16.5. The van der Waals surface area contributed by atoms with Gasteiger partial charge in [-0.05, 0) is 38.0 Å². The molecule has 0 heterocycles. The molecule has 0 saturated heterocycles. The van der Waals surface area contributed by atoms with Gasteiger partial charge in [0.1, 0.15) is 5.75 Å². The number of aliphatic carboxylic acids is 1. The molecule has 21 heavy (non-hydrogen) atoms. The topological polar surface area (TPSA) is 66.8 Å². The Morgan fingerprint density at radius 1 is 1.24 bits per heavy atom. The number of carboxylic acids is 1. The molecule has 1 rings (SSSR count). The zero-order valence-corrected chi connectivity index (χ0v) is 12.9. The van der Waals surface area contributed by atoms with Gasteiger partial charge in [0.05, 0.1) is 19.4 Å². The lowest BCUT2D eigenvalue weighted by molar-refractivity contribution is -0.138. The molecule has 5 heteroatoms. The molecule has 1 N–H and O–H groups in total. The fraction of sp³-hybridized carbons (Fsp3) is 0.500. The van der Waals surface area contributed by atoms with Crippen LogP contribution in [-0.2, 0) is 9.59 Å². The van der Waals surface area contributed by atoms with Gasteiger partial charge in [0.25, 0.3) is 0 Å². The van der Waals surface area contributed by atoms with Crippen LogP contribution in [0.4, 0.5) is 0 Å². The SMILES string of the molecule is CCN(CCC(=O)O)C(=O)CCOc1cc(C)ccc1C. The van der Waals surface area contributed by atoms with Crippen molar-refractivity contribution in [2.75, 3.05) is 19.7 Å². The molecule has 116 valence electrons. The molecule has 0 bridgehead atoms. The Balaban J connectivity index is 2.44. The van der Waals surface area contributed by atoms with Crippen molar-refractivity contribution in [3.63, 3.8) is 0 Å². The van der Waals surface area contributed by atoms with Crippen molar-refractivity contribution in [1.82, 2.24) is 4.90 Å². The van der Waals surface area contributed by atoms with Crippen molar-refractivity contribution in [2.45, 2.75) is 33.6 Å². The van der Waals surface area contributed by atoms with Gasteiger partial charge in [-0.15, -0.1) is 0 Å².